The molecule has 9 heteroatoms. The molecule has 6 nitrogen and oxygen atoms in total. The highest BCUT2D eigenvalue weighted by Gasteiger charge is 2.23. The summed E-state index contributed by atoms with van der Waals surface area (Å²) in [6, 6.07) is 11.5. The van der Waals surface area contributed by atoms with Crippen LogP contribution in [0.1, 0.15) is 16.1 Å². The van der Waals surface area contributed by atoms with Gasteiger partial charge in [-0.3, -0.25) is 4.79 Å². The summed E-state index contributed by atoms with van der Waals surface area (Å²) in [7, 11) is 0. The number of imidazole rings is 1. The number of carbonyl (C=O) groups is 1. The molecule has 4 aromatic rings. The number of carbonyl (C=O) groups excluding carboxylic acids is 1. The number of halogens is 1. The van der Waals surface area contributed by atoms with Crippen LogP contribution < -0.4 is 4.90 Å². The smallest absolute Gasteiger partial charge is 0.263 e. The van der Waals surface area contributed by atoms with Gasteiger partial charge >= 0.3 is 0 Å². The Balaban J connectivity index is 1.31. The molecule has 1 fully saturated rings. The van der Waals surface area contributed by atoms with Crippen molar-refractivity contribution in [3.63, 3.8) is 0 Å². The van der Waals surface area contributed by atoms with E-state index in [9.17, 15) is 4.79 Å². The highest BCUT2D eigenvalue weighted by Crippen LogP contribution is 2.28. The zero-order chi connectivity index (χ0) is 19.8. The third-order valence-corrected chi connectivity index (χ3v) is 7.05. The highest BCUT2D eigenvalue weighted by atomic mass is 35.5. The van der Waals surface area contributed by atoms with Gasteiger partial charge in [-0.05, 0) is 30.0 Å². The maximum Gasteiger partial charge on any atom is 0.263 e. The molecule has 4 heterocycles. The second-order valence-electron chi connectivity index (χ2n) is 6.85. The number of thiophene rings is 1. The van der Waals surface area contributed by atoms with Crippen LogP contribution in [-0.2, 0) is 0 Å². The third-order valence-electron chi connectivity index (χ3n) is 4.96. The molecule has 1 amide bonds. The standard InChI is InChI=1S/C20H18ClN5OS2/c21-15-6-4-14(5-7-15)16-13-26-19(22-16)29-20(23-26)25-9-2-8-24(10-11-25)18(27)17-3-1-12-28-17/h1,3-7,12-13H,2,8-11H2. The number of benzene rings is 1. The van der Waals surface area contributed by atoms with Gasteiger partial charge in [0.1, 0.15) is 0 Å². The van der Waals surface area contributed by atoms with Crippen LogP contribution in [0.2, 0.25) is 5.02 Å². The van der Waals surface area contributed by atoms with Crippen LogP contribution in [0.5, 0.6) is 0 Å². The fourth-order valence-electron chi connectivity index (χ4n) is 3.45. The van der Waals surface area contributed by atoms with Gasteiger partial charge in [-0.25, -0.2) is 9.50 Å². The number of amides is 1. The minimum atomic E-state index is 0.128. The van der Waals surface area contributed by atoms with Crippen LogP contribution in [0, 0.1) is 0 Å². The van der Waals surface area contributed by atoms with E-state index in [1.807, 2.05) is 57.4 Å². The second-order valence-corrected chi connectivity index (χ2v) is 9.17. The molecule has 0 atom stereocenters. The number of fused-ring (bicyclic) bond motifs is 1. The maximum absolute atomic E-state index is 12.6. The number of anilines is 1. The van der Waals surface area contributed by atoms with Crippen molar-refractivity contribution < 1.29 is 4.79 Å². The molecule has 3 aromatic heterocycles. The largest absolute Gasteiger partial charge is 0.345 e. The summed E-state index contributed by atoms with van der Waals surface area (Å²) in [5.41, 5.74) is 1.90. The summed E-state index contributed by atoms with van der Waals surface area (Å²) < 4.78 is 1.84. The monoisotopic (exact) mass is 443 g/mol. The molecule has 0 bridgehead atoms. The summed E-state index contributed by atoms with van der Waals surface area (Å²) in [6.07, 6.45) is 2.87. The average molecular weight is 444 g/mol. The van der Waals surface area contributed by atoms with Crippen LogP contribution in [0.4, 0.5) is 5.13 Å². The fourth-order valence-corrected chi connectivity index (χ4v) is 5.20. The molecule has 0 saturated carbocycles. The van der Waals surface area contributed by atoms with E-state index in [2.05, 4.69) is 4.90 Å². The number of hydrogen-bond acceptors (Lipinski definition) is 6. The van der Waals surface area contributed by atoms with Crippen molar-refractivity contribution in [1.29, 1.82) is 0 Å². The van der Waals surface area contributed by atoms with Gasteiger partial charge in [0.05, 0.1) is 16.8 Å². The van der Waals surface area contributed by atoms with Gasteiger partial charge in [0, 0.05) is 36.8 Å². The van der Waals surface area contributed by atoms with Crippen molar-refractivity contribution in [2.45, 2.75) is 6.42 Å². The Morgan fingerprint density at radius 2 is 1.93 bits per heavy atom. The number of hydrogen-bond donors (Lipinski definition) is 0. The van der Waals surface area contributed by atoms with Gasteiger partial charge in [0.25, 0.3) is 5.91 Å². The first kappa shape index (κ1) is 18.6. The molecule has 1 aliphatic rings. The van der Waals surface area contributed by atoms with Crippen LogP contribution in [0.15, 0.2) is 48.0 Å². The zero-order valence-corrected chi connectivity index (χ0v) is 17.9. The Bertz CT molecular complexity index is 1100. The molecule has 0 radical (unpaired) electrons. The minimum absolute atomic E-state index is 0.128. The van der Waals surface area contributed by atoms with E-state index in [1.54, 1.807) is 11.3 Å². The molecule has 148 valence electrons. The predicted molar refractivity (Wildman–Crippen MR) is 118 cm³/mol. The molecule has 0 spiro atoms. The van der Waals surface area contributed by atoms with Crippen molar-refractivity contribution >= 4 is 50.3 Å². The predicted octanol–water partition coefficient (Wildman–Crippen LogP) is 4.53. The summed E-state index contributed by atoms with van der Waals surface area (Å²) in [4.78, 5) is 23.2. The van der Waals surface area contributed by atoms with Crippen molar-refractivity contribution in [3.05, 3.63) is 57.9 Å². The van der Waals surface area contributed by atoms with E-state index in [0.717, 1.165) is 52.3 Å². The van der Waals surface area contributed by atoms with Crippen molar-refractivity contribution in [3.8, 4) is 11.3 Å². The Morgan fingerprint density at radius 1 is 1.07 bits per heavy atom. The summed E-state index contributed by atoms with van der Waals surface area (Å²) in [6.45, 7) is 3.14. The molecule has 1 aromatic carbocycles. The van der Waals surface area contributed by atoms with E-state index in [1.165, 1.54) is 11.3 Å². The zero-order valence-electron chi connectivity index (χ0n) is 15.5. The molecule has 5 rings (SSSR count). The Kier molecular flexibility index (Phi) is 4.99. The number of aromatic nitrogens is 3. The van der Waals surface area contributed by atoms with Gasteiger partial charge in [0.2, 0.25) is 10.1 Å². The SMILES string of the molecule is O=C(c1cccs1)N1CCCN(c2nn3cc(-c4ccc(Cl)cc4)nc3s2)CC1. The lowest BCUT2D eigenvalue weighted by Gasteiger charge is -2.20. The molecule has 0 aliphatic carbocycles. The topological polar surface area (TPSA) is 53.7 Å². The van der Waals surface area contributed by atoms with Gasteiger partial charge in [-0.1, -0.05) is 41.1 Å². The summed E-state index contributed by atoms with van der Waals surface area (Å²) in [5.74, 6) is 0.128. The van der Waals surface area contributed by atoms with Crippen molar-refractivity contribution in [2.24, 2.45) is 0 Å². The molecule has 29 heavy (non-hydrogen) atoms. The Hall–Kier alpha value is -2.42. The van der Waals surface area contributed by atoms with Crippen molar-refractivity contribution in [1.82, 2.24) is 19.5 Å². The van der Waals surface area contributed by atoms with Gasteiger partial charge in [-0.15, -0.1) is 16.4 Å². The van der Waals surface area contributed by atoms with E-state index in [-0.39, 0.29) is 5.91 Å². The maximum atomic E-state index is 12.6. The quantitative estimate of drug-likeness (QED) is 0.467. The number of nitrogens with zero attached hydrogens (tertiary/aromatic N) is 5. The van der Waals surface area contributed by atoms with Crippen LogP contribution in [-0.4, -0.2) is 51.6 Å². The van der Waals surface area contributed by atoms with Gasteiger partial charge < -0.3 is 9.80 Å². The van der Waals surface area contributed by atoms with E-state index in [4.69, 9.17) is 21.7 Å². The van der Waals surface area contributed by atoms with Crippen LogP contribution in [0.25, 0.3) is 16.2 Å². The van der Waals surface area contributed by atoms with Crippen molar-refractivity contribution in [2.75, 3.05) is 31.1 Å². The van der Waals surface area contributed by atoms with E-state index in [0.29, 0.717) is 11.6 Å². The molecule has 0 N–H and O–H groups in total. The first-order valence-electron chi connectivity index (χ1n) is 9.37. The minimum Gasteiger partial charge on any atom is -0.345 e. The third kappa shape index (κ3) is 3.75. The lowest BCUT2D eigenvalue weighted by atomic mass is 10.2. The van der Waals surface area contributed by atoms with Crippen LogP contribution >= 0.6 is 34.3 Å². The fraction of sp³-hybridized carbons (Fsp3) is 0.250. The first-order valence-corrected chi connectivity index (χ1v) is 11.4. The summed E-state index contributed by atoms with van der Waals surface area (Å²) in [5, 5.41) is 8.33. The Labute approximate surface area is 181 Å². The molecule has 1 saturated heterocycles. The lowest BCUT2D eigenvalue weighted by molar-refractivity contribution is 0.0772. The Morgan fingerprint density at radius 3 is 2.69 bits per heavy atom. The molecular weight excluding hydrogens is 426 g/mol. The summed E-state index contributed by atoms with van der Waals surface area (Å²) >= 11 is 9.05. The van der Waals surface area contributed by atoms with Gasteiger partial charge in [-0.2, -0.15) is 0 Å². The van der Waals surface area contributed by atoms with Crippen LogP contribution in [0.3, 0.4) is 0 Å². The lowest BCUT2D eigenvalue weighted by Crippen LogP contribution is -2.34. The highest BCUT2D eigenvalue weighted by molar-refractivity contribution is 7.20. The molecule has 1 aliphatic heterocycles. The molecular formula is C20H18ClN5OS2. The molecule has 0 unspecified atom stereocenters. The van der Waals surface area contributed by atoms with E-state index < -0.39 is 0 Å². The first-order chi connectivity index (χ1) is 14.2. The second kappa shape index (κ2) is 7.78. The normalized spacial score (nSPS) is 15.1. The number of rotatable bonds is 3. The average Bonchev–Trinajstić information content (AvgIpc) is 3.42. The van der Waals surface area contributed by atoms with Gasteiger partial charge in [0.15, 0.2) is 0 Å². The van der Waals surface area contributed by atoms with E-state index >= 15 is 0 Å².